The van der Waals surface area contributed by atoms with Gasteiger partial charge in [-0.05, 0) is 37.5 Å². The molecule has 1 atom stereocenters. The maximum atomic E-state index is 11.8. The Hall–Kier alpha value is -1.16. The zero-order valence-corrected chi connectivity index (χ0v) is 8.62. The smallest absolute Gasteiger partial charge is 0.387 e. The van der Waals surface area contributed by atoms with Crippen LogP contribution < -0.4 is 10.5 Å². The highest BCUT2D eigenvalue weighted by molar-refractivity contribution is 5.27. The van der Waals surface area contributed by atoms with Crippen LogP contribution in [0.3, 0.4) is 0 Å². The average Bonchev–Trinajstić information content (AvgIpc) is 2.16. The second-order valence-electron chi connectivity index (χ2n) is 3.54. The maximum Gasteiger partial charge on any atom is 0.387 e. The summed E-state index contributed by atoms with van der Waals surface area (Å²) < 4.78 is 27.9. The van der Waals surface area contributed by atoms with Gasteiger partial charge in [0.1, 0.15) is 5.75 Å². The van der Waals surface area contributed by atoms with Gasteiger partial charge < -0.3 is 10.5 Å². The van der Waals surface area contributed by atoms with Crippen molar-refractivity contribution in [3.63, 3.8) is 0 Å². The van der Waals surface area contributed by atoms with E-state index < -0.39 is 6.61 Å². The molecule has 0 saturated heterocycles. The van der Waals surface area contributed by atoms with E-state index in [1.54, 1.807) is 24.3 Å². The van der Waals surface area contributed by atoms with Crippen LogP contribution in [0.4, 0.5) is 8.78 Å². The standard InChI is InChI=1S/C11H15F2NO/c1-8(14)2-3-9-4-6-10(7-5-9)15-11(12)13/h4-8,11H,2-3,14H2,1H3/t8-/m1/s1. The summed E-state index contributed by atoms with van der Waals surface area (Å²) >= 11 is 0. The molecular weight excluding hydrogens is 200 g/mol. The van der Waals surface area contributed by atoms with Gasteiger partial charge >= 0.3 is 6.61 Å². The van der Waals surface area contributed by atoms with Crippen molar-refractivity contribution < 1.29 is 13.5 Å². The summed E-state index contributed by atoms with van der Waals surface area (Å²) in [5.74, 6) is 0.189. The Kier molecular flexibility index (Phi) is 4.49. The summed E-state index contributed by atoms with van der Waals surface area (Å²) in [7, 11) is 0. The first-order valence-electron chi connectivity index (χ1n) is 4.87. The molecule has 0 aliphatic rings. The molecule has 0 spiro atoms. The van der Waals surface area contributed by atoms with Gasteiger partial charge in [-0.25, -0.2) is 0 Å². The third kappa shape index (κ3) is 4.74. The van der Waals surface area contributed by atoms with Gasteiger partial charge in [0.25, 0.3) is 0 Å². The minimum atomic E-state index is -2.76. The van der Waals surface area contributed by atoms with Gasteiger partial charge in [-0.2, -0.15) is 8.78 Å². The molecule has 0 radical (unpaired) electrons. The van der Waals surface area contributed by atoms with E-state index in [1.165, 1.54) is 0 Å². The van der Waals surface area contributed by atoms with Crippen LogP contribution in [0.15, 0.2) is 24.3 Å². The number of hydrogen-bond donors (Lipinski definition) is 1. The lowest BCUT2D eigenvalue weighted by atomic mass is 10.1. The van der Waals surface area contributed by atoms with Crippen molar-refractivity contribution in [2.75, 3.05) is 0 Å². The second-order valence-corrected chi connectivity index (χ2v) is 3.54. The zero-order chi connectivity index (χ0) is 11.3. The molecule has 0 bridgehead atoms. The van der Waals surface area contributed by atoms with Gasteiger partial charge in [-0.15, -0.1) is 0 Å². The number of hydrogen-bond acceptors (Lipinski definition) is 2. The number of ether oxygens (including phenoxy) is 1. The van der Waals surface area contributed by atoms with E-state index in [0.717, 1.165) is 18.4 Å². The molecule has 2 nitrogen and oxygen atoms in total. The minimum absolute atomic E-state index is 0.155. The molecule has 0 saturated carbocycles. The highest BCUT2D eigenvalue weighted by atomic mass is 19.3. The summed E-state index contributed by atoms with van der Waals surface area (Å²) in [5.41, 5.74) is 6.69. The lowest BCUT2D eigenvalue weighted by Crippen LogP contribution is -2.15. The van der Waals surface area contributed by atoms with Crippen LogP contribution in [0.25, 0.3) is 0 Å². The summed E-state index contributed by atoms with van der Waals surface area (Å²) in [6.45, 7) is -0.825. The Balaban J connectivity index is 2.49. The molecule has 0 aliphatic heterocycles. The van der Waals surface area contributed by atoms with Crippen LogP contribution in [0.5, 0.6) is 5.75 Å². The first-order valence-corrected chi connectivity index (χ1v) is 4.87. The molecule has 2 N–H and O–H groups in total. The summed E-state index contributed by atoms with van der Waals surface area (Å²) in [4.78, 5) is 0. The topological polar surface area (TPSA) is 35.2 Å². The van der Waals surface area contributed by atoms with Gasteiger partial charge in [0, 0.05) is 6.04 Å². The van der Waals surface area contributed by atoms with Crippen molar-refractivity contribution in [2.24, 2.45) is 5.73 Å². The Labute approximate surface area is 88.0 Å². The van der Waals surface area contributed by atoms with E-state index in [-0.39, 0.29) is 11.8 Å². The fourth-order valence-electron chi connectivity index (χ4n) is 1.23. The number of nitrogens with two attached hydrogens (primary N) is 1. The molecule has 1 aromatic carbocycles. The Morgan fingerprint density at radius 3 is 2.33 bits per heavy atom. The number of aryl methyl sites for hydroxylation is 1. The predicted molar refractivity (Wildman–Crippen MR) is 55.0 cm³/mol. The molecule has 0 unspecified atom stereocenters. The molecule has 0 heterocycles. The van der Waals surface area contributed by atoms with E-state index in [9.17, 15) is 8.78 Å². The number of alkyl halides is 2. The van der Waals surface area contributed by atoms with Crippen molar-refractivity contribution in [1.82, 2.24) is 0 Å². The highest BCUT2D eigenvalue weighted by Gasteiger charge is 2.03. The van der Waals surface area contributed by atoms with Gasteiger partial charge in [-0.1, -0.05) is 12.1 Å². The average molecular weight is 215 g/mol. The Morgan fingerprint density at radius 2 is 1.87 bits per heavy atom. The van der Waals surface area contributed by atoms with Gasteiger partial charge in [0.2, 0.25) is 0 Å². The van der Waals surface area contributed by atoms with Crippen molar-refractivity contribution in [3.05, 3.63) is 29.8 Å². The van der Waals surface area contributed by atoms with Crippen molar-refractivity contribution in [1.29, 1.82) is 0 Å². The first kappa shape index (κ1) is 11.9. The van der Waals surface area contributed by atoms with E-state index in [2.05, 4.69) is 4.74 Å². The molecule has 84 valence electrons. The molecule has 0 aliphatic carbocycles. The van der Waals surface area contributed by atoms with Crippen molar-refractivity contribution in [2.45, 2.75) is 32.4 Å². The van der Waals surface area contributed by atoms with Crippen LogP contribution in [0.1, 0.15) is 18.9 Å². The Morgan fingerprint density at radius 1 is 1.27 bits per heavy atom. The van der Waals surface area contributed by atoms with E-state index >= 15 is 0 Å². The molecule has 1 rings (SSSR count). The summed E-state index contributed by atoms with van der Waals surface area (Å²) in [5, 5.41) is 0. The lowest BCUT2D eigenvalue weighted by molar-refractivity contribution is -0.0498. The molecule has 0 fully saturated rings. The van der Waals surface area contributed by atoms with E-state index in [0.29, 0.717) is 0 Å². The van der Waals surface area contributed by atoms with Crippen molar-refractivity contribution in [3.8, 4) is 5.75 Å². The molecule has 0 amide bonds. The first-order chi connectivity index (χ1) is 7.08. The zero-order valence-electron chi connectivity index (χ0n) is 8.62. The van der Waals surface area contributed by atoms with Gasteiger partial charge in [0.15, 0.2) is 0 Å². The highest BCUT2D eigenvalue weighted by Crippen LogP contribution is 2.15. The fourth-order valence-corrected chi connectivity index (χ4v) is 1.23. The molecule has 0 aromatic heterocycles. The van der Waals surface area contributed by atoms with Crippen LogP contribution in [0, 0.1) is 0 Å². The van der Waals surface area contributed by atoms with Crippen LogP contribution in [-0.4, -0.2) is 12.7 Å². The normalized spacial score (nSPS) is 12.9. The number of halogens is 2. The largest absolute Gasteiger partial charge is 0.435 e. The van der Waals surface area contributed by atoms with Gasteiger partial charge in [0.05, 0.1) is 0 Å². The summed E-state index contributed by atoms with van der Waals surface area (Å²) in [6, 6.07) is 6.80. The SMILES string of the molecule is C[C@@H](N)CCc1ccc(OC(F)F)cc1. The number of benzene rings is 1. The van der Waals surface area contributed by atoms with Crippen molar-refractivity contribution >= 4 is 0 Å². The van der Waals surface area contributed by atoms with E-state index in [1.807, 2.05) is 6.92 Å². The Bertz CT molecular complexity index is 285. The van der Waals surface area contributed by atoms with E-state index in [4.69, 9.17) is 5.73 Å². The third-order valence-corrected chi connectivity index (χ3v) is 2.04. The lowest BCUT2D eigenvalue weighted by Gasteiger charge is -2.07. The molecule has 15 heavy (non-hydrogen) atoms. The maximum absolute atomic E-state index is 11.8. The third-order valence-electron chi connectivity index (χ3n) is 2.04. The quantitative estimate of drug-likeness (QED) is 0.819. The molecule has 4 heteroatoms. The second kappa shape index (κ2) is 5.66. The van der Waals surface area contributed by atoms with Gasteiger partial charge in [-0.3, -0.25) is 0 Å². The predicted octanol–water partition coefficient (Wildman–Crippen LogP) is 2.57. The molecule has 1 aromatic rings. The monoisotopic (exact) mass is 215 g/mol. The fraction of sp³-hybridized carbons (Fsp3) is 0.455. The van der Waals surface area contributed by atoms with Crippen LogP contribution >= 0.6 is 0 Å². The summed E-state index contributed by atoms with van der Waals surface area (Å²) in [6.07, 6.45) is 1.74. The molecular formula is C11H15F2NO. The number of rotatable bonds is 5. The van der Waals surface area contributed by atoms with Crippen LogP contribution in [-0.2, 0) is 6.42 Å². The van der Waals surface area contributed by atoms with Crippen LogP contribution in [0.2, 0.25) is 0 Å². The minimum Gasteiger partial charge on any atom is -0.435 e.